The molecular formula is C51H32N4S2. The quantitative estimate of drug-likeness (QED) is 0.175. The van der Waals surface area contributed by atoms with Crippen LogP contribution in [0.1, 0.15) is 23.7 Å². The average Bonchev–Trinajstić information content (AvgIpc) is 3.94. The van der Waals surface area contributed by atoms with E-state index in [2.05, 4.69) is 144 Å². The van der Waals surface area contributed by atoms with Gasteiger partial charge in [-0.05, 0) is 82.6 Å². The van der Waals surface area contributed by atoms with E-state index < -0.39 is 0 Å². The number of aromatic nitrogens is 4. The third-order valence-electron chi connectivity index (χ3n) is 11.4. The molecule has 57 heavy (non-hydrogen) atoms. The number of fused-ring (bicyclic) bond motifs is 9. The fourth-order valence-corrected chi connectivity index (χ4v) is 11.1. The number of allylic oxidation sites excluding steroid dienone is 4. The lowest BCUT2D eigenvalue weighted by Gasteiger charge is -2.17. The van der Waals surface area contributed by atoms with E-state index in [1.807, 2.05) is 59.5 Å². The van der Waals surface area contributed by atoms with Crippen molar-refractivity contribution in [1.82, 2.24) is 19.5 Å². The zero-order chi connectivity index (χ0) is 37.5. The molecule has 0 radical (unpaired) electrons. The maximum atomic E-state index is 5.02. The minimum Gasteiger partial charge on any atom is -0.309 e. The summed E-state index contributed by atoms with van der Waals surface area (Å²) in [7, 11) is 0. The normalized spacial score (nSPS) is 14.9. The summed E-state index contributed by atoms with van der Waals surface area (Å²) in [4.78, 5) is 17.6. The number of thiophene rings is 1. The molecule has 1 aliphatic heterocycles. The van der Waals surface area contributed by atoms with Crippen molar-refractivity contribution in [2.75, 3.05) is 0 Å². The first kappa shape index (κ1) is 32.6. The Bertz CT molecular complexity index is 3230. The molecule has 2 aliphatic rings. The van der Waals surface area contributed by atoms with E-state index in [9.17, 15) is 0 Å². The number of para-hydroxylation sites is 1. The summed E-state index contributed by atoms with van der Waals surface area (Å²) in [5.74, 6) is 2.41. The molecule has 0 saturated carbocycles. The number of hydrogen-bond donors (Lipinski definition) is 0. The van der Waals surface area contributed by atoms with Gasteiger partial charge in [-0.25, -0.2) is 15.0 Å². The van der Waals surface area contributed by atoms with Gasteiger partial charge in [0, 0.05) is 64.1 Å². The van der Waals surface area contributed by atoms with Crippen molar-refractivity contribution in [3.63, 3.8) is 0 Å². The molecule has 1 aliphatic carbocycles. The number of nitrogens with zero attached hydrogens (tertiary/aromatic N) is 4. The molecule has 0 fully saturated rings. The van der Waals surface area contributed by atoms with Crippen molar-refractivity contribution in [2.45, 2.75) is 17.2 Å². The molecule has 268 valence electrons. The van der Waals surface area contributed by atoms with Gasteiger partial charge in [0.15, 0.2) is 17.5 Å². The Morgan fingerprint density at radius 2 is 1.14 bits per heavy atom. The third kappa shape index (κ3) is 5.40. The Balaban J connectivity index is 0.928. The second-order valence-electron chi connectivity index (χ2n) is 14.8. The molecule has 12 rings (SSSR count). The number of thioether (sulfide) groups is 1. The molecule has 4 heterocycles. The maximum absolute atomic E-state index is 5.02. The highest BCUT2D eigenvalue weighted by Crippen LogP contribution is 2.54. The Morgan fingerprint density at radius 3 is 1.91 bits per heavy atom. The van der Waals surface area contributed by atoms with Crippen molar-refractivity contribution in [2.24, 2.45) is 0 Å². The van der Waals surface area contributed by atoms with Crippen LogP contribution in [0.25, 0.3) is 87.1 Å². The average molecular weight is 765 g/mol. The van der Waals surface area contributed by atoms with Gasteiger partial charge in [0.1, 0.15) is 0 Å². The summed E-state index contributed by atoms with van der Waals surface area (Å²) in [6.45, 7) is 0. The molecule has 0 saturated heterocycles. The van der Waals surface area contributed by atoms with Crippen LogP contribution in [0.15, 0.2) is 186 Å². The van der Waals surface area contributed by atoms with Crippen LogP contribution in [0, 0.1) is 0 Å². The molecular weight excluding hydrogens is 733 g/mol. The fraction of sp³-hybridized carbons (Fsp3) is 0.0392. The molecule has 3 aromatic heterocycles. The van der Waals surface area contributed by atoms with Crippen molar-refractivity contribution < 1.29 is 0 Å². The summed E-state index contributed by atoms with van der Waals surface area (Å²) in [5, 5.41) is 5.19. The zero-order valence-corrected chi connectivity index (χ0v) is 32.3. The van der Waals surface area contributed by atoms with E-state index >= 15 is 0 Å². The van der Waals surface area contributed by atoms with Crippen LogP contribution in [0.5, 0.6) is 0 Å². The van der Waals surface area contributed by atoms with E-state index in [0.717, 1.165) is 23.1 Å². The smallest absolute Gasteiger partial charge is 0.164 e. The van der Waals surface area contributed by atoms with Gasteiger partial charge in [0.05, 0.1) is 11.0 Å². The van der Waals surface area contributed by atoms with Gasteiger partial charge < -0.3 is 4.57 Å². The van der Waals surface area contributed by atoms with Crippen molar-refractivity contribution in [3.8, 4) is 39.6 Å². The predicted octanol–water partition coefficient (Wildman–Crippen LogP) is 13.9. The molecule has 1 atom stereocenters. The predicted molar refractivity (Wildman–Crippen MR) is 239 cm³/mol. The molecule has 0 spiro atoms. The topological polar surface area (TPSA) is 43.6 Å². The van der Waals surface area contributed by atoms with Gasteiger partial charge in [0.2, 0.25) is 0 Å². The van der Waals surface area contributed by atoms with E-state index in [1.54, 1.807) is 0 Å². The second kappa shape index (κ2) is 13.0. The van der Waals surface area contributed by atoms with Gasteiger partial charge in [-0.15, -0.1) is 11.3 Å². The monoisotopic (exact) mass is 764 g/mol. The molecule has 4 nitrogen and oxygen atoms in total. The van der Waals surface area contributed by atoms with Gasteiger partial charge in [-0.1, -0.05) is 133 Å². The van der Waals surface area contributed by atoms with Crippen molar-refractivity contribution >= 4 is 70.6 Å². The van der Waals surface area contributed by atoms with E-state index in [0.29, 0.717) is 23.4 Å². The molecule has 0 N–H and O–H groups in total. The Labute approximate surface area is 337 Å². The number of rotatable bonds is 5. The van der Waals surface area contributed by atoms with Crippen LogP contribution in [-0.4, -0.2) is 19.5 Å². The van der Waals surface area contributed by atoms with Gasteiger partial charge >= 0.3 is 0 Å². The highest BCUT2D eigenvalue weighted by Gasteiger charge is 2.31. The first-order chi connectivity index (χ1) is 28.2. The summed E-state index contributed by atoms with van der Waals surface area (Å²) in [6.07, 6.45) is 5.52. The largest absolute Gasteiger partial charge is 0.309 e. The fourth-order valence-electron chi connectivity index (χ4n) is 8.64. The van der Waals surface area contributed by atoms with E-state index in [-0.39, 0.29) is 0 Å². The first-order valence-corrected chi connectivity index (χ1v) is 20.9. The Hall–Kier alpha value is -6.60. The minimum absolute atomic E-state index is 0.334. The Kier molecular flexibility index (Phi) is 7.43. The van der Waals surface area contributed by atoms with Crippen LogP contribution >= 0.6 is 23.1 Å². The SMILES string of the molecule is C1=C(c2nc(-c3ccccc3)nc(-c3ccccc3)n2)C=C2Sc3cc(-c4ccc5c(c4)c4cc6c(cc4n5-c4ccccc4)sc4ccccc46)ccc3C2C1. The molecule has 1 unspecified atom stereocenters. The maximum Gasteiger partial charge on any atom is 0.164 e. The number of benzene rings is 7. The lowest BCUT2D eigenvalue weighted by Crippen LogP contribution is -2.05. The highest BCUT2D eigenvalue weighted by atomic mass is 32.2. The van der Waals surface area contributed by atoms with Gasteiger partial charge in [-0.3, -0.25) is 0 Å². The van der Waals surface area contributed by atoms with E-state index in [4.69, 9.17) is 15.0 Å². The van der Waals surface area contributed by atoms with Crippen LogP contribution in [0.3, 0.4) is 0 Å². The first-order valence-electron chi connectivity index (χ1n) is 19.3. The molecule has 0 amide bonds. The van der Waals surface area contributed by atoms with Gasteiger partial charge in [-0.2, -0.15) is 0 Å². The van der Waals surface area contributed by atoms with Crippen LogP contribution in [-0.2, 0) is 0 Å². The van der Waals surface area contributed by atoms with E-state index in [1.165, 1.54) is 74.2 Å². The van der Waals surface area contributed by atoms with Crippen LogP contribution in [0.4, 0.5) is 0 Å². The summed E-state index contributed by atoms with van der Waals surface area (Å²) >= 11 is 3.76. The van der Waals surface area contributed by atoms with Crippen LogP contribution in [0.2, 0.25) is 0 Å². The van der Waals surface area contributed by atoms with Crippen LogP contribution < -0.4 is 0 Å². The summed E-state index contributed by atoms with van der Waals surface area (Å²) in [5.41, 5.74) is 10.5. The van der Waals surface area contributed by atoms with Crippen molar-refractivity contribution in [3.05, 3.63) is 192 Å². The Morgan fingerprint density at radius 1 is 0.491 bits per heavy atom. The number of hydrogen-bond acceptors (Lipinski definition) is 5. The minimum atomic E-state index is 0.334. The molecule has 6 heteroatoms. The van der Waals surface area contributed by atoms with Gasteiger partial charge in [0.25, 0.3) is 0 Å². The second-order valence-corrected chi connectivity index (χ2v) is 17.0. The molecule has 7 aromatic carbocycles. The molecule has 10 aromatic rings. The summed E-state index contributed by atoms with van der Waals surface area (Å²) < 4.78 is 5.07. The standard InChI is InChI=1S/C51H32N4S2/c1-4-12-31(13-5-1)49-52-50(32-14-6-2-7-15-32)54-51(53-49)35-21-24-39-38-23-20-34(27-46(38)57-47(39)28-35)33-22-25-43-40(26-33)41-29-42-37-18-10-11-19-45(37)56-48(42)30-44(41)55(43)36-16-8-3-9-17-36/h1-23,25-30,39H,24H2. The molecule has 0 bridgehead atoms. The zero-order valence-electron chi connectivity index (χ0n) is 30.6. The van der Waals surface area contributed by atoms with Crippen molar-refractivity contribution in [1.29, 1.82) is 0 Å². The lowest BCUT2D eigenvalue weighted by molar-refractivity contribution is 0.838. The lowest BCUT2D eigenvalue weighted by atomic mass is 9.89. The third-order valence-corrected chi connectivity index (χ3v) is 13.7. The summed E-state index contributed by atoms with van der Waals surface area (Å²) in [6, 6.07) is 58.8. The highest BCUT2D eigenvalue weighted by molar-refractivity contribution is 8.03.